The van der Waals surface area contributed by atoms with Crippen molar-refractivity contribution >= 4 is 16.5 Å². The Balaban J connectivity index is 1.99. The van der Waals surface area contributed by atoms with Crippen LogP contribution < -0.4 is 14.8 Å². The van der Waals surface area contributed by atoms with E-state index in [0.717, 1.165) is 27.9 Å². The molecule has 0 bridgehead atoms. The molecule has 0 radical (unpaired) electrons. The lowest BCUT2D eigenvalue weighted by atomic mass is 10.1. The molecule has 1 aromatic carbocycles. The van der Waals surface area contributed by atoms with Crippen molar-refractivity contribution in [2.45, 2.75) is 25.8 Å². The summed E-state index contributed by atoms with van der Waals surface area (Å²) in [7, 11) is 3.34. The highest BCUT2D eigenvalue weighted by molar-refractivity contribution is 7.16. The average Bonchev–Trinajstić information content (AvgIpc) is 3.20. The molecule has 4 nitrogen and oxygen atoms in total. The molecule has 1 aliphatic rings. The standard InChI is InChI=1S/C15H18N2O2S/c1-9-14(17-15(20-9)16-10-4-5-10)12-8-11(18-2)6-7-13(12)19-3/h6-8,10H,4-5H2,1-3H3,(H,16,17). The van der Waals surface area contributed by atoms with E-state index in [4.69, 9.17) is 14.5 Å². The first-order valence-corrected chi connectivity index (χ1v) is 7.49. The molecule has 1 heterocycles. The van der Waals surface area contributed by atoms with Crippen LogP contribution >= 0.6 is 11.3 Å². The molecule has 2 aromatic rings. The van der Waals surface area contributed by atoms with Crippen LogP contribution in [0.1, 0.15) is 17.7 Å². The van der Waals surface area contributed by atoms with Crippen molar-refractivity contribution in [2.75, 3.05) is 19.5 Å². The molecule has 1 saturated carbocycles. The third-order valence-electron chi connectivity index (χ3n) is 3.36. The average molecular weight is 290 g/mol. The zero-order valence-electron chi connectivity index (χ0n) is 11.9. The first-order chi connectivity index (χ1) is 9.71. The van der Waals surface area contributed by atoms with E-state index in [-0.39, 0.29) is 0 Å². The second-order valence-electron chi connectivity index (χ2n) is 4.91. The molecule has 106 valence electrons. The highest BCUT2D eigenvalue weighted by Gasteiger charge is 2.23. The Morgan fingerprint density at radius 3 is 2.70 bits per heavy atom. The van der Waals surface area contributed by atoms with Crippen LogP contribution in [-0.2, 0) is 0 Å². The highest BCUT2D eigenvalue weighted by atomic mass is 32.1. The number of methoxy groups -OCH3 is 2. The van der Waals surface area contributed by atoms with E-state index < -0.39 is 0 Å². The third kappa shape index (κ3) is 2.58. The second-order valence-corrected chi connectivity index (χ2v) is 6.11. The van der Waals surface area contributed by atoms with Gasteiger partial charge in [0.25, 0.3) is 0 Å². The Kier molecular flexibility index (Phi) is 3.53. The van der Waals surface area contributed by atoms with Crippen molar-refractivity contribution in [3.63, 3.8) is 0 Å². The molecule has 1 aromatic heterocycles. The summed E-state index contributed by atoms with van der Waals surface area (Å²) in [6, 6.07) is 6.40. The molecule has 1 fully saturated rings. The fourth-order valence-corrected chi connectivity index (χ4v) is 3.01. The van der Waals surface area contributed by atoms with Crippen LogP contribution in [0.15, 0.2) is 18.2 Å². The number of rotatable bonds is 5. The van der Waals surface area contributed by atoms with Crippen LogP contribution in [0.3, 0.4) is 0 Å². The maximum atomic E-state index is 5.45. The molecule has 0 amide bonds. The van der Waals surface area contributed by atoms with Gasteiger partial charge in [-0.05, 0) is 38.0 Å². The largest absolute Gasteiger partial charge is 0.497 e. The number of ether oxygens (including phenoxy) is 2. The van der Waals surface area contributed by atoms with Crippen LogP contribution in [0, 0.1) is 6.92 Å². The molecule has 0 spiro atoms. The van der Waals surface area contributed by atoms with Gasteiger partial charge in [0.2, 0.25) is 0 Å². The van der Waals surface area contributed by atoms with E-state index in [1.54, 1.807) is 25.6 Å². The summed E-state index contributed by atoms with van der Waals surface area (Å²) in [6.07, 6.45) is 2.49. The number of nitrogens with one attached hydrogen (secondary N) is 1. The van der Waals surface area contributed by atoms with Gasteiger partial charge >= 0.3 is 0 Å². The van der Waals surface area contributed by atoms with Crippen LogP contribution in [-0.4, -0.2) is 25.2 Å². The van der Waals surface area contributed by atoms with Gasteiger partial charge in [-0.15, -0.1) is 11.3 Å². The lowest BCUT2D eigenvalue weighted by Gasteiger charge is -2.09. The summed E-state index contributed by atoms with van der Waals surface area (Å²) in [4.78, 5) is 5.90. The van der Waals surface area contributed by atoms with Crippen LogP contribution in [0.2, 0.25) is 0 Å². The zero-order chi connectivity index (χ0) is 14.1. The number of aryl methyl sites for hydroxylation is 1. The number of nitrogens with zero attached hydrogens (tertiary/aromatic N) is 1. The van der Waals surface area contributed by atoms with Gasteiger partial charge in [-0.25, -0.2) is 4.98 Å². The molecule has 1 aliphatic carbocycles. The summed E-state index contributed by atoms with van der Waals surface area (Å²) in [5, 5.41) is 4.44. The van der Waals surface area contributed by atoms with Crippen LogP contribution in [0.5, 0.6) is 11.5 Å². The van der Waals surface area contributed by atoms with Gasteiger partial charge in [-0.3, -0.25) is 0 Å². The van der Waals surface area contributed by atoms with E-state index in [9.17, 15) is 0 Å². The smallest absolute Gasteiger partial charge is 0.183 e. The van der Waals surface area contributed by atoms with Crippen LogP contribution in [0.4, 0.5) is 5.13 Å². The number of aromatic nitrogens is 1. The normalized spacial score (nSPS) is 14.2. The quantitative estimate of drug-likeness (QED) is 0.911. The molecule has 0 atom stereocenters. The minimum Gasteiger partial charge on any atom is -0.497 e. The summed E-state index contributed by atoms with van der Waals surface area (Å²) in [6.45, 7) is 2.09. The first kappa shape index (κ1) is 13.2. The molecule has 3 rings (SSSR count). The number of benzene rings is 1. The molecule has 1 N–H and O–H groups in total. The molecule has 20 heavy (non-hydrogen) atoms. The van der Waals surface area contributed by atoms with Gasteiger partial charge < -0.3 is 14.8 Å². The molecular formula is C15H18N2O2S. The Morgan fingerprint density at radius 2 is 2.05 bits per heavy atom. The fourth-order valence-electron chi connectivity index (χ4n) is 2.11. The first-order valence-electron chi connectivity index (χ1n) is 6.67. The highest BCUT2D eigenvalue weighted by Crippen LogP contribution is 2.39. The Bertz CT molecular complexity index is 620. The number of hydrogen-bond donors (Lipinski definition) is 1. The summed E-state index contributed by atoms with van der Waals surface area (Å²) in [5.74, 6) is 1.63. The lowest BCUT2D eigenvalue weighted by molar-refractivity contribution is 0.404. The summed E-state index contributed by atoms with van der Waals surface area (Å²) < 4.78 is 10.7. The minimum absolute atomic E-state index is 0.612. The van der Waals surface area contributed by atoms with Crippen molar-refractivity contribution in [2.24, 2.45) is 0 Å². The van der Waals surface area contributed by atoms with E-state index in [0.29, 0.717) is 6.04 Å². The number of anilines is 1. The van der Waals surface area contributed by atoms with E-state index in [1.807, 2.05) is 18.2 Å². The summed E-state index contributed by atoms with van der Waals surface area (Å²) >= 11 is 1.69. The van der Waals surface area contributed by atoms with Crippen molar-refractivity contribution in [3.8, 4) is 22.8 Å². The van der Waals surface area contributed by atoms with E-state index in [1.165, 1.54) is 17.7 Å². The minimum atomic E-state index is 0.612. The summed E-state index contributed by atoms with van der Waals surface area (Å²) in [5.41, 5.74) is 1.94. The van der Waals surface area contributed by atoms with Gasteiger partial charge in [0.05, 0.1) is 19.9 Å². The predicted molar refractivity (Wildman–Crippen MR) is 82.0 cm³/mol. The third-order valence-corrected chi connectivity index (χ3v) is 4.27. The van der Waals surface area contributed by atoms with Gasteiger partial charge in [-0.2, -0.15) is 0 Å². The maximum absolute atomic E-state index is 5.45. The predicted octanol–water partition coefficient (Wildman–Crippen LogP) is 3.71. The number of hydrogen-bond acceptors (Lipinski definition) is 5. The van der Waals surface area contributed by atoms with Gasteiger partial charge in [0, 0.05) is 16.5 Å². The van der Waals surface area contributed by atoms with E-state index >= 15 is 0 Å². The molecule has 0 saturated heterocycles. The van der Waals surface area contributed by atoms with Gasteiger partial charge in [0.1, 0.15) is 11.5 Å². The lowest BCUT2D eigenvalue weighted by Crippen LogP contribution is -1.99. The second kappa shape index (κ2) is 5.32. The zero-order valence-corrected chi connectivity index (χ0v) is 12.7. The monoisotopic (exact) mass is 290 g/mol. The van der Waals surface area contributed by atoms with E-state index in [2.05, 4.69) is 12.2 Å². The van der Waals surface area contributed by atoms with Crippen molar-refractivity contribution in [1.82, 2.24) is 4.98 Å². The van der Waals surface area contributed by atoms with Crippen LogP contribution in [0.25, 0.3) is 11.3 Å². The maximum Gasteiger partial charge on any atom is 0.183 e. The van der Waals surface area contributed by atoms with Crippen molar-refractivity contribution < 1.29 is 9.47 Å². The molecule has 5 heteroatoms. The van der Waals surface area contributed by atoms with Gasteiger partial charge in [0.15, 0.2) is 5.13 Å². The SMILES string of the molecule is COc1ccc(OC)c(-c2nc(NC3CC3)sc2C)c1. The Labute approximate surface area is 122 Å². The molecule has 0 aliphatic heterocycles. The fraction of sp³-hybridized carbons (Fsp3) is 0.400. The van der Waals surface area contributed by atoms with Crippen molar-refractivity contribution in [3.05, 3.63) is 23.1 Å². The van der Waals surface area contributed by atoms with Crippen molar-refractivity contribution in [1.29, 1.82) is 0 Å². The molecular weight excluding hydrogens is 272 g/mol. The Hall–Kier alpha value is -1.75. The Morgan fingerprint density at radius 1 is 1.25 bits per heavy atom. The number of thiazole rings is 1. The molecule has 0 unspecified atom stereocenters. The topological polar surface area (TPSA) is 43.4 Å². The van der Waals surface area contributed by atoms with Gasteiger partial charge in [-0.1, -0.05) is 0 Å².